The summed E-state index contributed by atoms with van der Waals surface area (Å²) in [4.78, 5) is 11.6. The molecule has 1 aromatic heterocycles. The van der Waals surface area contributed by atoms with E-state index in [0.717, 1.165) is 30.1 Å². The van der Waals surface area contributed by atoms with Crippen molar-refractivity contribution >= 4 is 11.5 Å². The first-order chi connectivity index (χ1) is 9.79. The molecule has 0 N–H and O–H groups in total. The van der Waals surface area contributed by atoms with Crippen LogP contribution >= 0.6 is 0 Å². The van der Waals surface area contributed by atoms with Gasteiger partial charge < -0.3 is 4.90 Å². The molecule has 1 atom stereocenters. The molecule has 102 valence electrons. The summed E-state index contributed by atoms with van der Waals surface area (Å²) >= 11 is 0. The van der Waals surface area contributed by atoms with Crippen LogP contribution in [0.25, 0.3) is 0 Å². The quantitative estimate of drug-likeness (QED) is 0.827. The summed E-state index contributed by atoms with van der Waals surface area (Å²) in [7, 11) is 2.12. The zero-order chi connectivity index (χ0) is 13.9. The Kier molecular flexibility index (Phi) is 3.50. The number of nitrogens with zero attached hydrogens (tertiary/aromatic N) is 3. The van der Waals surface area contributed by atoms with Crippen LogP contribution in [0.4, 0.5) is 5.69 Å². The maximum absolute atomic E-state index is 4.83. The highest BCUT2D eigenvalue weighted by Gasteiger charge is 2.24. The van der Waals surface area contributed by atoms with Crippen molar-refractivity contribution in [2.24, 2.45) is 4.99 Å². The fourth-order valence-electron chi connectivity index (χ4n) is 2.74. The maximum atomic E-state index is 4.83. The van der Waals surface area contributed by atoms with E-state index < -0.39 is 0 Å². The Bertz CT molecular complexity index is 619. The molecule has 1 aliphatic heterocycles. The van der Waals surface area contributed by atoms with E-state index in [4.69, 9.17) is 4.99 Å². The highest BCUT2D eigenvalue weighted by atomic mass is 15.2. The monoisotopic (exact) mass is 265 g/mol. The minimum absolute atomic E-state index is 0.249. The highest BCUT2D eigenvalue weighted by molar-refractivity contribution is 5.86. The normalized spacial score (nSPS) is 18.2. The van der Waals surface area contributed by atoms with Gasteiger partial charge in [-0.2, -0.15) is 0 Å². The van der Waals surface area contributed by atoms with E-state index in [1.165, 1.54) is 5.56 Å². The zero-order valence-corrected chi connectivity index (χ0v) is 12.0. The standard InChI is InChI=1S/C17H19N3/c1-3-17-19-14-9-5-4-8-13(14)12-16(20(17)2)15-10-6-7-11-18-15/h4-11,16H,3,12H2,1-2H3. The maximum Gasteiger partial charge on any atom is 0.105 e. The SMILES string of the molecule is CCC1=Nc2ccccc2CC(c2ccccn2)N1C. The summed E-state index contributed by atoms with van der Waals surface area (Å²) in [6.07, 6.45) is 3.73. The van der Waals surface area contributed by atoms with Gasteiger partial charge >= 0.3 is 0 Å². The van der Waals surface area contributed by atoms with Gasteiger partial charge in [-0.1, -0.05) is 31.2 Å². The molecular formula is C17H19N3. The minimum atomic E-state index is 0.249. The number of benzene rings is 1. The Morgan fingerprint density at radius 3 is 2.70 bits per heavy atom. The van der Waals surface area contributed by atoms with Crippen LogP contribution < -0.4 is 0 Å². The van der Waals surface area contributed by atoms with Gasteiger partial charge in [0.1, 0.15) is 5.84 Å². The molecule has 1 unspecified atom stereocenters. The van der Waals surface area contributed by atoms with E-state index in [2.05, 4.69) is 60.3 Å². The van der Waals surface area contributed by atoms with Crippen LogP contribution in [0.2, 0.25) is 0 Å². The van der Waals surface area contributed by atoms with E-state index in [0.29, 0.717) is 0 Å². The number of hydrogen-bond acceptors (Lipinski definition) is 3. The molecule has 0 fully saturated rings. The van der Waals surface area contributed by atoms with Crippen molar-refractivity contribution < 1.29 is 0 Å². The van der Waals surface area contributed by atoms with Crippen LogP contribution in [0.5, 0.6) is 0 Å². The first-order valence-electron chi connectivity index (χ1n) is 7.09. The number of rotatable bonds is 2. The molecule has 1 aromatic carbocycles. The fourth-order valence-corrected chi connectivity index (χ4v) is 2.74. The molecule has 0 aliphatic carbocycles. The van der Waals surface area contributed by atoms with Crippen molar-refractivity contribution in [1.82, 2.24) is 9.88 Å². The Hall–Kier alpha value is -2.16. The lowest BCUT2D eigenvalue weighted by Crippen LogP contribution is -2.31. The second kappa shape index (κ2) is 5.45. The highest BCUT2D eigenvalue weighted by Crippen LogP contribution is 2.32. The van der Waals surface area contributed by atoms with Gasteiger partial charge in [0.25, 0.3) is 0 Å². The molecule has 0 radical (unpaired) electrons. The van der Waals surface area contributed by atoms with Crippen molar-refractivity contribution in [3.63, 3.8) is 0 Å². The number of amidine groups is 1. The number of aromatic nitrogens is 1. The first kappa shape index (κ1) is 12.9. The third-order valence-electron chi connectivity index (χ3n) is 3.87. The van der Waals surface area contributed by atoms with Crippen molar-refractivity contribution in [2.75, 3.05) is 7.05 Å². The van der Waals surface area contributed by atoms with E-state index in [1.807, 2.05) is 12.3 Å². The van der Waals surface area contributed by atoms with E-state index in [-0.39, 0.29) is 6.04 Å². The third kappa shape index (κ3) is 2.31. The minimum Gasteiger partial charge on any atom is -0.354 e. The number of likely N-dealkylation sites (N-methyl/N-ethyl adjacent to an activating group) is 1. The van der Waals surface area contributed by atoms with Gasteiger partial charge in [0.15, 0.2) is 0 Å². The summed E-state index contributed by atoms with van der Waals surface area (Å²) in [5, 5.41) is 0. The van der Waals surface area contributed by atoms with Gasteiger partial charge in [-0.05, 0) is 23.8 Å². The van der Waals surface area contributed by atoms with Crippen molar-refractivity contribution in [3.05, 3.63) is 59.9 Å². The van der Waals surface area contributed by atoms with E-state index >= 15 is 0 Å². The summed E-state index contributed by atoms with van der Waals surface area (Å²) in [5.41, 5.74) is 3.49. The number of fused-ring (bicyclic) bond motifs is 1. The molecule has 2 heterocycles. The van der Waals surface area contributed by atoms with Gasteiger partial charge in [-0.15, -0.1) is 0 Å². The zero-order valence-electron chi connectivity index (χ0n) is 12.0. The second-order valence-electron chi connectivity index (χ2n) is 5.10. The predicted molar refractivity (Wildman–Crippen MR) is 82.3 cm³/mol. The van der Waals surface area contributed by atoms with Crippen LogP contribution in [0.15, 0.2) is 53.7 Å². The Morgan fingerprint density at radius 2 is 1.95 bits per heavy atom. The predicted octanol–water partition coefficient (Wildman–Crippen LogP) is 3.75. The topological polar surface area (TPSA) is 28.5 Å². The summed E-state index contributed by atoms with van der Waals surface area (Å²) in [6, 6.07) is 14.8. The average molecular weight is 265 g/mol. The smallest absolute Gasteiger partial charge is 0.105 e. The Morgan fingerprint density at radius 1 is 1.15 bits per heavy atom. The van der Waals surface area contributed by atoms with Crippen LogP contribution in [0.1, 0.15) is 30.6 Å². The van der Waals surface area contributed by atoms with Crippen LogP contribution in [-0.4, -0.2) is 22.8 Å². The molecule has 2 aromatic rings. The van der Waals surface area contributed by atoms with Crippen molar-refractivity contribution in [3.8, 4) is 0 Å². The fraction of sp³-hybridized carbons (Fsp3) is 0.294. The lowest BCUT2D eigenvalue weighted by molar-refractivity contribution is 0.363. The van der Waals surface area contributed by atoms with Gasteiger partial charge in [0, 0.05) is 26.1 Å². The van der Waals surface area contributed by atoms with Crippen LogP contribution in [-0.2, 0) is 6.42 Å². The molecule has 0 amide bonds. The molecule has 0 spiro atoms. The number of hydrogen-bond donors (Lipinski definition) is 0. The van der Waals surface area contributed by atoms with Gasteiger partial charge in [-0.3, -0.25) is 4.98 Å². The van der Waals surface area contributed by atoms with Gasteiger partial charge in [0.05, 0.1) is 17.4 Å². The van der Waals surface area contributed by atoms with Crippen LogP contribution in [0.3, 0.4) is 0 Å². The lowest BCUT2D eigenvalue weighted by atomic mass is 10.0. The second-order valence-corrected chi connectivity index (χ2v) is 5.10. The van der Waals surface area contributed by atoms with E-state index in [9.17, 15) is 0 Å². The Balaban J connectivity index is 2.07. The first-order valence-corrected chi connectivity index (χ1v) is 7.09. The molecule has 3 heteroatoms. The lowest BCUT2D eigenvalue weighted by Gasteiger charge is -2.28. The van der Waals surface area contributed by atoms with E-state index in [1.54, 1.807) is 0 Å². The number of para-hydroxylation sites is 1. The largest absolute Gasteiger partial charge is 0.354 e. The summed E-state index contributed by atoms with van der Waals surface area (Å²) in [5.74, 6) is 1.12. The molecule has 3 rings (SSSR count). The van der Waals surface area contributed by atoms with Gasteiger partial charge in [-0.25, -0.2) is 4.99 Å². The molecule has 20 heavy (non-hydrogen) atoms. The molecular weight excluding hydrogens is 246 g/mol. The molecule has 0 bridgehead atoms. The van der Waals surface area contributed by atoms with Crippen LogP contribution in [0, 0.1) is 0 Å². The van der Waals surface area contributed by atoms with Crippen molar-refractivity contribution in [2.45, 2.75) is 25.8 Å². The molecule has 1 aliphatic rings. The molecule has 3 nitrogen and oxygen atoms in total. The summed E-state index contributed by atoms with van der Waals surface area (Å²) in [6.45, 7) is 2.15. The number of pyridine rings is 1. The van der Waals surface area contributed by atoms with Crippen molar-refractivity contribution in [1.29, 1.82) is 0 Å². The molecule has 0 saturated carbocycles. The van der Waals surface area contributed by atoms with Gasteiger partial charge in [0.2, 0.25) is 0 Å². The third-order valence-corrected chi connectivity index (χ3v) is 3.87. The Labute approximate surface area is 120 Å². The molecule has 0 saturated heterocycles. The number of aliphatic imine (C=N–C) groups is 1. The summed E-state index contributed by atoms with van der Waals surface area (Å²) < 4.78 is 0. The average Bonchev–Trinajstić information content (AvgIpc) is 2.65.